The van der Waals surface area contributed by atoms with E-state index in [2.05, 4.69) is 31.7 Å². The number of aromatic nitrogens is 3. The van der Waals surface area contributed by atoms with E-state index >= 15 is 0 Å². The molecular weight excluding hydrogens is 615 g/mol. The number of carboxylic acid groups (broad SMARTS) is 1. The quantitative estimate of drug-likeness (QED) is 0.190. The number of hydrogen-bond donors (Lipinski definition) is 4. The molecule has 4 N–H and O–H groups in total. The van der Waals surface area contributed by atoms with Crippen LogP contribution in [0.2, 0.25) is 5.02 Å². The van der Waals surface area contributed by atoms with Gasteiger partial charge in [-0.15, -0.1) is 0 Å². The molecule has 1 amide bonds. The van der Waals surface area contributed by atoms with Gasteiger partial charge in [-0.2, -0.15) is 13.2 Å². The molecule has 1 fully saturated rings. The molecule has 0 spiro atoms. The maximum Gasteiger partial charge on any atom is 0.490 e. The van der Waals surface area contributed by atoms with Gasteiger partial charge in [0.1, 0.15) is 5.75 Å². The Labute approximate surface area is 261 Å². The number of nitrogens with one attached hydrogen (secondary N) is 3. The number of amides is 1. The Morgan fingerprint density at radius 2 is 1.82 bits per heavy atom. The number of halogens is 4. The lowest BCUT2D eigenvalue weighted by Gasteiger charge is -2.24. The molecular formula is C31H31ClF3N5O5. The fraction of sp³-hybridized carbons (Fsp3) is 0.323. The van der Waals surface area contributed by atoms with Crippen molar-refractivity contribution >= 4 is 40.2 Å². The third-order valence-corrected chi connectivity index (χ3v) is 7.29. The van der Waals surface area contributed by atoms with Crippen molar-refractivity contribution in [3.63, 3.8) is 0 Å². The largest absolute Gasteiger partial charge is 0.492 e. The highest BCUT2D eigenvalue weighted by atomic mass is 35.5. The van der Waals surface area contributed by atoms with E-state index in [1.807, 2.05) is 26.0 Å². The van der Waals surface area contributed by atoms with Crippen LogP contribution in [0.3, 0.4) is 0 Å². The summed E-state index contributed by atoms with van der Waals surface area (Å²) < 4.78 is 38.1. The van der Waals surface area contributed by atoms with E-state index in [0.717, 1.165) is 36.1 Å². The summed E-state index contributed by atoms with van der Waals surface area (Å²) in [4.78, 5) is 46.5. The lowest BCUT2D eigenvalue weighted by molar-refractivity contribution is -0.192. The zero-order valence-electron chi connectivity index (χ0n) is 24.4. The highest BCUT2D eigenvalue weighted by molar-refractivity contribution is 6.35. The maximum absolute atomic E-state index is 13.4. The molecule has 1 atom stereocenters. The second-order valence-electron chi connectivity index (χ2n) is 10.5. The van der Waals surface area contributed by atoms with Crippen molar-refractivity contribution in [2.24, 2.45) is 0 Å². The summed E-state index contributed by atoms with van der Waals surface area (Å²) in [6.45, 7) is 5.43. The molecule has 0 saturated carbocycles. The molecule has 2 aromatic heterocycles. The van der Waals surface area contributed by atoms with E-state index in [-0.39, 0.29) is 16.1 Å². The van der Waals surface area contributed by atoms with Crippen molar-refractivity contribution in [2.75, 3.05) is 18.5 Å². The molecule has 238 valence electrons. The predicted molar refractivity (Wildman–Crippen MR) is 164 cm³/mol. The normalized spacial score (nSPS) is 14.8. The van der Waals surface area contributed by atoms with Crippen LogP contribution in [0.5, 0.6) is 5.75 Å². The molecule has 10 nitrogen and oxygen atoms in total. The van der Waals surface area contributed by atoms with E-state index in [0.29, 0.717) is 40.7 Å². The van der Waals surface area contributed by atoms with Crippen LogP contribution in [-0.4, -0.2) is 57.3 Å². The smallest absolute Gasteiger partial charge is 0.490 e. The van der Waals surface area contributed by atoms with Crippen molar-refractivity contribution in [3.05, 3.63) is 81.0 Å². The summed E-state index contributed by atoms with van der Waals surface area (Å²) in [5.41, 5.74) is 3.73. The molecule has 0 aliphatic carbocycles. The van der Waals surface area contributed by atoms with Gasteiger partial charge >= 0.3 is 12.1 Å². The Morgan fingerprint density at radius 1 is 1.11 bits per heavy atom. The topological polar surface area (TPSA) is 146 Å². The van der Waals surface area contributed by atoms with Gasteiger partial charge in [0.2, 0.25) is 0 Å². The molecule has 4 aromatic rings. The van der Waals surface area contributed by atoms with Crippen LogP contribution < -0.4 is 20.9 Å². The molecule has 14 heteroatoms. The number of piperidine rings is 1. The van der Waals surface area contributed by atoms with Crippen LogP contribution in [0.4, 0.5) is 19.0 Å². The molecule has 1 aliphatic heterocycles. The Kier molecular flexibility index (Phi) is 10.8. The van der Waals surface area contributed by atoms with Crippen LogP contribution in [0.25, 0.3) is 22.0 Å². The zero-order chi connectivity index (χ0) is 32.7. The number of aromatic amines is 1. The summed E-state index contributed by atoms with van der Waals surface area (Å²) in [5, 5.41) is 14.2. The maximum atomic E-state index is 13.4. The third-order valence-electron chi connectivity index (χ3n) is 6.98. The average molecular weight is 646 g/mol. The first kappa shape index (κ1) is 33.4. The van der Waals surface area contributed by atoms with Crippen molar-refractivity contribution in [2.45, 2.75) is 51.7 Å². The van der Waals surface area contributed by atoms with Gasteiger partial charge in [0, 0.05) is 23.8 Å². The summed E-state index contributed by atoms with van der Waals surface area (Å²) >= 11 is 6.51. The third kappa shape index (κ3) is 8.79. The monoisotopic (exact) mass is 645 g/mol. The number of alkyl halides is 3. The number of nitrogens with zero attached hydrogens (tertiary/aromatic N) is 2. The molecule has 2 aromatic carbocycles. The van der Waals surface area contributed by atoms with Crippen LogP contribution >= 0.6 is 11.6 Å². The number of aryl methyl sites for hydroxylation is 2. The van der Waals surface area contributed by atoms with Gasteiger partial charge in [0.25, 0.3) is 11.5 Å². The molecule has 1 aliphatic rings. The van der Waals surface area contributed by atoms with Gasteiger partial charge < -0.3 is 25.5 Å². The lowest BCUT2D eigenvalue weighted by Crippen LogP contribution is -2.35. The van der Waals surface area contributed by atoms with E-state index in [1.165, 1.54) is 31.4 Å². The first-order valence-electron chi connectivity index (χ1n) is 14.1. The molecule has 0 bridgehead atoms. The molecule has 0 radical (unpaired) electrons. The SMILES string of the molecule is Cc1cc(C)cc(-c2c(OCCC3CCCCN3)c3cc(C(=O)Nc4cnccn4)c(Cl)cc3[nH]c2=O)c1.O=C(O)C(F)(F)F. The standard InChI is InChI=1S/C29H30ClN5O3.C2HF3O2/c1-17-11-18(2)13-19(12-17)26-27(38-10-6-20-5-3-4-7-32-20)22-14-21(23(30)15-24(22)34-29(26)37)28(36)35-25-16-31-8-9-33-25;3-2(4,5)1(6)7/h8-9,11-16,20,32H,3-7,10H2,1-2H3,(H,34,37)(H,33,35,36);(H,6,7). The minimum Gasteiger partial charge on any atom is -0.492 e. The number of H-pyrrole nitrogens is 1. The van der Waals surface area contributed by atoms with Gasteiger partial charge in [-0.1, -0.05) is 47.3 Å². The number of pyridine rings is 1. The second kappa shape index (κ2) is 14.5. The number of carbonyl (C=O) groups is 2. The number of aliphatic carboxylic acids is 1. The number of anilines is 1. The number of benzene rings is 2. The molecule has 3 heterocycles. The Balaban J connectivity index is 0.000000591. The average Bonchev–Trinajstić information content (AvgIpc) is 2.97. The van der Waals surface area contributed by atoms with Crippen molar-refractivity contribution < 1.29 is 32.6 Å². The van der Waals surface area contributed by atoms with Gasteiger partial charge in [-0.25, -0.2) is 9.78 Å². The van der Waals surface area contributed by atoms with Crippen molar-refractivity contribution in [1.82, 2.24) is 20.3 Å². The molecule has 5 rings (SSSR count). The Hall–Kier alpha value is -4.49. The van der Waals surface area contributed by atoms with Gasteiger partial charge in [0.15, 0.2) is 5.82 Å². The summed E-state index contributed by atoms with van der Waals surface area (Å²) in [6, 6.07) is 9.63. The fourth-order valence-electron chi connectivity index (χ4n) is 5.01. The van der Waals surface area contributed by atoms with Gasteiger partial charge in [-0.3, -0.25) is 14.6 Å². The number of carboxylic acids is 1. The number of ether oxygens (including phenoxy) is 1. The van der Waals surface area contributed by atoms with Crippen LogP contribution in [-0.2, 0) is 4.79 Å². The van der Waals surface area contributed by atoms with E-state index in [9.17, 15) is 22.8 Å². The fourth-order valence-corrected chi connectivity index (χ4v) is 5.26. The van der Waals surface area contributed by atoms with Crippen molar-refractivity contribution in [3.8, 4) is 16.9 Å². The second-order valence-corrected chi connectivity index (χ2v) is 11.0. The Bertz CT molecular complexity index is 1720. The lowest BCUT2D eigenvalue weighted by atomic mass is 9.98. The molecule has 45 heavy (non-hydrogen) atoms. The minimum atomic E-state index is -5.08. The number of fused-ring (bicyclic) bond motifs is 1. The van der Waals surface area contributed by atoms with Gasteiger partial charge in [-0.05, 0) is 57.4 Å². The first-order valence-corrected chi connectivity index (χ1v) is 14.4. The predicted octanol–water partition coefficient (Wildman–Crippen LogP) is 6.05. The summed E-state index contributed by atoms with van der Waals surface area (Å²) in [7, 11) is 0. The molecule has 1 unspecified atom stereocenters. The number of hydrogen-bond acceptors (Lipinski definition) is 7. The molecule has 1 saturated heterocycles. The first-order chi connectivity index (χ1) is 21.3. The highest BCUT2D eigenvalue weighted by Crippen LogP contribution is 2.37. The van der Waals surface area contributed by atoms with Crippen LogP contribution in [0.15, 0.2) is 53.7 Å². The highest BCUT2D eigenvalue weighted by Gasteiger charge is 2.38. The minimum absolute atomic E-state index is 0.200. The Morgan fingerprint density at radius 3 is 2.42 bits per heavy atom. The summed E-state index contributed by atoms with van der Waals surface area (Å²) in [5.74, 6) is -2.45. The number of carbonyl (C=O) groups excluding carboxylic acids is 1. The van der Waals surface area contributed by atoms with Crippen LogP contribution in [0.1, 0.15) is 47.2 Å². The van der Waals surface area contributed by atoms with E-state index in [1.54, 1.807) is 12.1 Å². The zero-order valence-corrected chi connectivity index (χ0v) is 25.2. The van der Waals surface area contributed by atoms with E-state index < -0.39 is 18.1 Å². The van der Waals surface area contributed by atoms with E-state index in [4.69, 9.17) is 26.2 Å². The number of rotatable bonds is 7. The van der Waals surface area contributed by atoms with Gasteiger partial charge in [0.05, 0.1) is 34.5 Å². The van der Waals surface area contributed by atoms with Crippen LogP contribution in [0, 0.1) is 13.8 Å². The summed E-state index contributed by atoms with van der Waals surface area (Å²) in [6.07, 6.45) is 3.69. The van der Waals surface area contributed by atoms with Crippen molar-refractivity contribution in [1.29, 1.82) is 0 Å².